The molecule has 7 rings (SSSR count). The molecule has 298 valence electrons. The van der Waals surface area contributed by atoms with E-state index in [9.17, 15) is 27.6 Å². The SMILES string of the molecule is Cn1cc(C[C@@H](NC(=O)[C@@]2(CCCl)C[C@@H]2c2ccc(-c3cnc4nn(C)cc4c3)cc2)C(=O)NC(C)(C)Cn2nc(C(F)(F)F)cc2-c2ccc(=O)n(C)c2)cn1. The van der Waals surface area contributed by atoms with Gasteiger partial charge in [-0.2, -0.15) is 28.5 Å². The van der Waals surface area contributed by atoms with Gasteiger partial charge in [0.1, 0.15) is 6.04 Å². The third-order valence-corrected chi connectivity index (χ3v) is 10.7. The zero-order chi connectivity index (χ0) is 40.9. The van der Waals surface area contributed by atoms with Crippen LogP contribution in [0.5, 0.6) is 0 Å². The minimum absolute atomic E-state index is 0.108. The number of hydrogen-bond donors (Lipinski definition) is 2. The van der Waals surface area contributed by atoms with Crippen molar-refractivity contribution in [3.63, 3.8) is 0 Å². The number of alkyl halides is 4. The van der Waals surface area contributed by atoms with E-state index in [2.05, 4.69) is 30.9 Å². The van der Waals surface area contributed by atoms with E-state index < -0.39 is 34.8 Å². The smallest absolute Gasteiger partial charge is 0.348 e. The Balaban J connectivity index is 1.11. The highest BCUT2D eigenvalue weighted by atomic mass is 35.5. The molecule has 17 heteroatoms. The van der Waals surface area contributed by atoms with Crippen molar-refractivity contribution in [2.24, 2.45) is 26.6 Å². The van der Waals surface area contributed by atoms with Crippen LogP contribution in [0.3, 0.4) is 0 Å². The summed E-state index contributed by atoms with van der Waals surface area (Å²) in [6.45, 7) is 3.16. The maximum absolute atomic E-state index is 14.3. The molecule has 2 amide bonds. The Labute approximate surface area is 330 Å². The van der Waals surface area contributed by atoms with Gasteiger partial charge in [0.05, 0.1) is 29.4 Å². The molecule has 0 unspecified atom stereocenters. The number of halogens is 4. The van der Waals surface area contributed by atoms with Crippen molar-refractivity contribution in [1.29, 1.82) is 0 Å². The molecule has 5 aromatic heterocycles. The lowest BCUT2D eigenvalue weighted by atomic mass is 9.93. The molecular formula is C40H42ClF3N10O3. The molecule has 0 bridgehead atoms. The molecule has 2 N–H and O–H groups in total. The Kier molecular flexibility index (Phi) is 10.4. The molecule has 1 saturated carbocycles. The minimum atomic E-state index is -4.73. The molecular weight excluding hydrogens is 761 g/mol. The molecule has 0 radical (unpaired) electrons. The first kappa shape index (κ1) is 39.5. The summed E-state index contributed by atoms with van der Waals surface area (Å²) in [5, 5.41) is 19.3. The summed E-state index contributed by atoms with van der Waals surface area (Å²) in [7, 11) is 5.09. The standard InChI is InChI=1S/C40H42ClF3N10O3/c1-38(2,23-54-32(16-33(49-54)40(42,43)44)27-10-11-34(55)51(3)21-27)48-36(56)31(14-24-18-46-52(4)20-24)47-37(57)39(12-13-41)17-30(39)26-8-6-25(7-9-26)28-15-29-22-53(5)50-35(29)45-19-28/h6-11,15-16,18-22,30-31H,12-14,17,23H2,1-5H3,(H,47,57)(H,48,56)/t30-,31-,39+/m1/s1. The second-order valence-electron chi connectivity index (χ2n) is 15.5. The van der Waals surface area contributed by atoms with E-state index in [1.54, 1.807) is 48.8 Å². The summed E-state index contributed by atoms with van der Waals surface area (Å²) in [6, 6.07) is 12.6. The molecule has 3 atom stereocenters. The van der Waals surface area contributed by atoms with E-state index in [1.165, 1.54) is 34.6 Å². The average molecular weight is 803 g/mol. The zero-order valence-corrected chi connectivity index (χ0v) is 32.8. The summed E-state index contributed by atoms with van der Waals surface area (Å²) in [6.07, 6.45) is 4.77. The number of pyridine rings is 2. The minimum Gasteiger partial charge on any atom is -0.348 e. The maximum atomic E-state index is 14.3. The first-order valence-electron chi connectivity index (χ1n) is 18.3. The molecule has 1 aromatic carbocycles. The number of nitrogens with zero attached hydrogens (tertiary/aromatic N) is 8. The van der Waals surface area contributed by atoms with Crippen LogP contribution in [0.1, 0.15) is 49.4 Å². The van der Waals surface area contributed by atoms with E-state index in [0.29, 0.717) is 29.6 Å². The average Bonchev–Trinajstić information content (AvgIpc) is 3.38. The number of benzene rings is 1. The monoisotopic (exact) mass is 802 g/mol. The number of rotatable bonds is 13. The number of carbonyl (C=O) groups is 2. The molecule has 57 heavy (non-hydrogen) atoms. The number of carbonyl (C=O) groups excluding carboxylic acids is 2. The Morgan fingerprint density at radius 3 is 2.35 bits per heavy atom. The summed E-state index contributed by atoms with van der Waals surface area (Å²) in [5.74, 6) is -0.760. The van der Waals surface area contributed by atoms with Crippen LogP contribution in [0.2, 0.25) is 0 Å². The van der Waals surface area contributed by atoms with Gasteiger partial charge < -0.3 is 15.2 Å². The molecule has 1 aliphatic rings. The molecule has 1 fully saturated rings. The highest BCUT2D eigenvalue weighted by Gasteiger charge is 2.60. The molecule has 1 aliphatic carbocycles. The Morgan fingerprint density at radius 1 is 0.947 bits per heavy atom. The van der Waals surface area contributed by atoms with Crippen LogP contribution in [0.25, 0.3) is 33.4 Å². The molecule has 6 aromatic rings. The predicted molar refractivity (Wildman–Crippen MR) is 208 cm³/mol. The van der Waals surface area contributed by atoms with Crippen molar-refractivity contribution in [2.75, 3.05) is 5.88 Å². The van der Waals surface area contributed by atoms with Gasteiger partial charge >= 0.3 is 6.18 Å². The fourth-order valence-electron chi connectivity index (χ4n) is 7.46. The van der Waals surface area contributed by atoms with Crippen LogP contribution < -0.4 is 16.2 Å². The number of amides is 2. The third-order valence-electron chi connectivity index (χ3n) is 10.5. The molecule has 0 spiro atoms. The number of hydrogen-bond acceptors (Lipinski definition) is 7. The van der Waals surface area contributed by atoms with Crippen LogP contribution in [0, 0.1) is 5.41 Å². The van der Waals surface area contributed by atoms with E-state index >= 15 is 0 Å². The number of nitrogens with one attached hydrogen (secondary N) is 2. The molecule has 5 heterocycles. The highest BCUT2D eigenvalue weighted by molar-refractivity contribution is 6.18. The lowest BCUT2D eigenvalue weighted by molar-refractivity contribution is -0.141. The number of aromatic nitrogens is 8. The van der Waals surface area contributed by atoms with Gasteiger partial charge in [-0.05, 0) is 67.5 Å². The fourth-order valence-corrected chi connectivity index (χ4v) is 7.80. The quantitative estimate of drug-likeness (QED) is 0.149. The van der Waals surface area contributed by atoms with Gasteiger partial charge in [-0.3, -0.25) is 28.4 Å². The van der Waals surface area contributed by atoms with Crippen molar-refractivity contribution in [2.45, 2.75) is 63.3 Å². The second kappa shape index (κ2) is 15.0. The van der Waals surface area contributed by atoms with Gasteiger partial charge in [-0.25, -0.2) is 4.98 Å². The van der Waals surface area contributed by atoms with Crippen molar-refractivity contribution in [1.82, 2.24) is 49.5 Å². The van der Waals surface area contributed by atoms with Crippen molar-refractivity contribution in [3.05, 3.63) is 107 Å². The number of fused-ring (bicyclic) bond motifs is 1. The van der Waals surface area contributed by atoms with Crippen LogP contribution in [-0.4, -0.2) is 68.2 Å². The van der Waals surface area contributed by atoms with Crippen LogP contribution in [0.4, 0.5) is 13.2 Å². The van der Waals surface area contributed by atoms with Crippen molar-refractivity contribution in [3.8, 4) is 22.4 Å². The van der Waals surface area contributed by atoms with E-state index in [4.69, 9.17) is 11.6 Å². The first-order chi connectivity index (χ1) is 26.9. The lowest BCUT2D eigenvalue weighted by Crippen LogP contribution is -2.56. The van der Waals surface area contributed by atoms with Gasteiger partial charge in [0.2, 0.25) is 17.4 Å². The van der Waals surface area contributed by atoms with Gasteiger partial charge in [-0.1, -0.05) is 24.3 Å². The normalized spacial score (nSPS) is 17.5. The molecule has 0 saturated heterocycles. The van der Waals surface area contributed by atoms with E-state index in [0.717, 1.165) is 28.1 Å². The summed E-state index contributed by atoms with van der Waals surface area (Å²) in [5.41, 5.74) is 1.23. The summed E-state index contributed by atoms with van der Waals surface area (Å²) in [4.78, 5) is 45.0. The third kappa shape index (κ3) is 8.36. The lowest BCUT2D eigenvalue weighted by Gasteiger charge is -2.30. The Morgan fingerprint density at radius 2 is 1.68 bits per heavy atom. The van der Waals surface area contributed by atoms with Gasteiger partial charge in [0.15, 0.2) is 11.3 Å². The van der Waals surface area contributed by atoms with Crippen molar-refractivity contribution >= 4 is 34.4 Å². The maximum Gasteiger partial charge on any atom is 0.435 e. The van der Waals surface area contributed by atoms with Gasteiger partial charge in [0.25, 0.3) is 0 Å². The largest absolute Gasteiger partial charge is 0.435 e. The van der Waals surface area contributed by atoms with Crippen LogP contribution in [0.15, 0.2) is 84.3 Å². The first-order valence-corrected chi connectivity index (χ1v) is 18.9. The molecule has 0 aliphatic heterocycles. The number of aryl methyl sites for hydroxylation is 3. The fraction of sp³-hybridized carbons (Fsp3) is 0.375. The predicted octanol–water partition coefficient (Wildman–Crippen LogP) is 5.37. The zero-order valence-electron chi connectivity index (χ0n) is 32.0. The summed E-state index contributed by atoms with van der Waals surface area (Å²) >= 11 is 6.30. The van der Waals surface area contributed by atoms with E-state index in [1.807, 2.05) is 43.6 Å². The topological polar surface area (TPSA) is 147 Å². The van der Waals surface area contributed by atoms with Crippen LogP contribution in [-0.2, 0) is 49.9 Å². The van der Waals surface area contributed by atoms with Crippen LogP contribution >= 0.6 is 11.6 Å². The van der Waals surface area contributed by atoms with Crippen molar-refractivity contribution < 1.29 is 22.8 Å². The van der Waals surface area contributed by atoms with E-state index in [-0.39, 0.29) is 41.9 Å². The highest BCUT2D eigenvalue weighted by Crippen LogP contribution is 2.62. The summed E-state index contributed by atoms with van der Waals surface area (Å²) < 4.78 is 47.4. The van der Waals surface area contributed by atoms with Gasteiger partial charge in [-0.15, -0.1) is 11.6 Å². The Bertz CT molecular complexity index is 2520. The Hall–Kier alpha value is -5.77. The van der Waals surface area contributed by atoms with Gasteiger partial charge in [0, 0.05) is 80.8 Å². The molecule has 13 nitrogen and oxygen atoms in total. The second-order valence-corrected chi connectivity index (χ2v) is 15.9.